The molecule has 4 nitrogen and oxygen atoms in total. The Balaban J connectivity index is 0.00000220. The third kappa shape index (κ3) is 3.50. The molecule has 1 atom stereocenters. The van der Waals surface area contributed by atoms with Gasteiger partial charge in [0.15, 0.2) is 0 Å². The van der Waals surface area contributed by atoms with Crippen molar-refractivity contribution in [2.24, 2.45) is 0 Å². The van der Waals surface area contributed by atoms with E-state index in [4.69, 9.17) is 11.6 Å². The number of aliphatic hydroxyl groups is 1. The highest BCUT2D eigenvalue weighted by Gasteiger charge is 2.38. The van der Waals surface area contributed by atoms with E-state index in [-0.39, 0.29) is 29.6 Å². The van der Waals surface area contributed by atoms with Gasteiger partial charge in [0.05, 0.1) is 17.5 Å². The van der Waals surface area contributed by atoms with Gasteiger partial charge in [-0.1, -0.05) is 27.2 Å². The number of aromatic nitrogens is 1. The number of halogens is 2. The van der Waals surface area contributed by atoms with E-state index in [2.05, 4.69) is 18.8 Å². The minimum Gasteiger partial charge on any atom is -0.387 e. The van der Waals surface area contributed by atoms with E-state index in [1.165, 1.54) is 0 Å². The maximum absolute atomic E-state index is 12.0. The summed E-state index contributed by atoms with van der Waals surface area (Å²) in [7, 11) is 0. The lowest BCUT2D eigenvalue weighted by atomic mass is 9.88. The van der Waals surface area contributed by atoms with Crippen molar-refractivity contribution in [3.63, 3.8) is 0 Å². The molecule has 0 radical (unpaired) electrons. The van der Waals surface area contributed by atoms with Gasteiger partial charge in [0.2, 0.25) is 5.91 Å². The molecule has 1 aliphatic rings. The van der Waals surface area contributed by atoms with Crippen LogP contribution >= 0.6 is 24.0 Å². The SMILES string of the molecule is CCCC(O)c1cc2c(cn1)C(C)(C)CN2C(=O)CCl.Cl. The van der Waals surface area contributed by atoms with Gasteiger partial charge in [-0.15, -0.1) is 24.0 Å². The molecule has 0 aliphatic carbocycles. The molecule has 0 saturated carbocycles. The molecule has 0 spiro atoms. The molecule has 1 aromatic heterocycles. The van der Waals surface area contributed by atoms with Crippen molar-refractivity contribution in [2.75, 3.05) is 17.3 Å². The molecule has 6 heteroatoms. The molecule has 1 amide bonds. The molecule has 1 unspecified atom stereocenters. The van der Waals surface area contributed by atoms with E-state index < -0.39 is 6.10 Å². The molecular weight excluding hydrogens is 311 g/mol. The second-order valence-electron chi connectivity index (χ2n) is 5.93. The fraction of sp³-hybridized carbons (Fsp3) is 0.600. The predicted octanol–water partition coefficient (Wildman–Crippen LogP) is 3.20. The maximum atomic E-state index is 12.0. The average Bonchev–Trinajstić information content (AvgIpc) is 2.70. The molecule has 1 aromatic rings. The smallest absolute Gasteiger partial charge is 0.241 e. The number of anilines is 1. The molecule has 0 saturated heterocycles. The predicted molar refractivity (Wildman–Crippen MR) is 87.5 cm³/mol. The Morgan fingerprint density at radius 2 is 2.24 bits per heavy atom. The Kier molecular flexibility index (Phi) is 6.02. The van der Waals surface area contributed by atoms with Crippen LogP contribution in [0.2, 0.25) is 0 Å². The number of carbonyl (C=O) groups excluding carboxylic acids is 1. The second kappa shape index (κ2) is 6.95. The number of aliphatic hydroxyl groups excluding tert-OH is 1. The van der Waals surface area contributed by atoms with Crippen molar-refractivity contribution >= 4 is 35.6 Å². The number of hydrogen-bond donors (Lipinski definition) is 1. The van der Waals surface area contributed by atoms with Crippen molar-refractivity contribution in [1.29, 1.82) is 0 Å². The Hall–Kier alpha value is -0.840. The molecule has 0 aromatic carbocycles. The summed E-state index contributed by atoms with van der Waals surface area (Å²) in [6, 6.07) is 1.83. The first-order chi connectivity index (χ1) is 9.40. The second-order valence-corrected chi connectivity index (χ2v) is 6.20. The lowest BCUT2D eigenvalue weighted by Gasteiger charge is -2.19. The van der Waals surface area contributed by atoms with Crippen molar-refractivity contribution in [3.8, 4) is 0 Å². The van der Waals surface area contributed by atoms with Crippen LogP contribution in [0.4, 0.5) is 5.69 Å². The van der Waals surface area contributed by atoms with Gasteiger partial charge in [-0.25, -0.2) is 0 Å². The Morgan fingerprint density at radius 3 is 2.81 bits per heavy atom. The van der Waals surface area contributed by atoms with Crippen LogP contribution < -0.4 is 4.90 Å². The van der Waals surface area contributed by atoms with Crippen molar-refractivity contribution in [1.82, 2.24) is 4.98 Å². The minimum atomic E-state index is -0.582. The van der Waals surface area contributed by atoms with Gasteiger partial charge in [0, 0.05) is 23.7 Å². The summed E-state index contributed by atoms with van der Waals surface area (Å²) in [6.45, 7) is 6.78. The first-order valence-electron chi connectivity index (χ1n) is 6.95. The van der Waals surface area contributed by atoms with Gasteiger partial charge < -0.3 is 10.0 Å². The van der Waals surface area contributed by atoms with E-state index in [0.717, 1.165) is 17.7 Å². The van der Waals surface area contributed by atoms with Crippen LogP contribution in [0.15, 0.2) is 12.3 Å². The maximum Gasteiger partial charge on any atom is 0.241 e. The first-order valence-corrected chi connectivity index (χ1v) is 7.49. The van der Waals surface area contributed by atoms with Crippen LogP contribution in [-0.2, 0) is 10.2 Å². The largest absolute Gasteiger partial charge is 0.387 e. The molecule has 0 fully saturated rings. The third-order valence-corrected chi connectivity index (χ3v) is 4.02. The summed E-state index contributed by atoms with van der Waals surface area (Å²) in [5.74, 6) is -0.148. The molecular formula is C15H22Cl2N2O2. The highest BCUT2D eigenvalue weighted by Crippen LogP contribution is 2.41. The van der Waals surface area contributed by atoms with Crippen molar-refractivity contribution in [2.45, 2.75) is 45.1 Å². The Bertz CT molecular complexity index is 520. The zero-order valence-electron chi connectivity index (χ0n) is 12.6. The topological polar surface area (TPSA) is 53.4 Å². The number of amides is 1. The third-order valence-electron chi connectivity index (χ3n) is 3.80. The normalized spacial score (nSPS) is 17.1. The number of alkyl halides is 1. The van der Waals surface area contributed by atoms with E-state index >= 15 is 0 Å². The quantitative estimate of drug-likeness (QED) is 0.861. The van der Waals surface area contributed by atoms with Crippen LogP contribution in [0.3, 0.4) is 0 Å². The number of rotatable bonds is 4. The Labute approximate surface area is 136 Å². The van der Waals surface area contributed by atoms with Gasteiger partial charge >= 0.3 is 0 Å². The van der Waals surface area contributed by atoms with E-state index in [0.29, 0.717) is 18.7 Å². The zero-order valence-corrected chi connectivity index (χ0v) is 14.2. The van der Waals surface area contributed by atoms with Gasteiger partial charge in [-0.2, -0.15) is 0 Å². The van der Waals surface area contributed by atoms with Crippen molar-refractivity contribution in [3.05, 3.63) is 23.5 Å². The van der Waals surface area contributed by atoms with Crippen LogP contribution in [-0.4, -0.2) is 28.4 Å². The van der Waals surface area contributed by atoms with E-state index in [9.17, 15) is 9.90 Å². The molecule has 21 heavy (non-hydrogen) atoms. The van der Waals surface area contributed by atoms with Gasteiger partial charge in [0.25, 0.3) is 0 Å². The minimum absolute atomic E-state index is 0. The fourth-order valence-corrected chi connectivity index (χ4v) is 2.81. The number of hydrogen-bond acceptors (Lipinski definition) is 3. The monoisotopic (exact) mass is 332 g/mol. The zero-order chi connectivity index (χ0) is 14.9. The van der Waals surface area contributed by atoms with Crippen LogP contribution in [0, 0.1) is 0 Å². The highest BCUT2D eigenvalue weighted by molar-refractivity contribution is 6.29. The summed E-state index contributed by atoms with van der Waals surface area (Å²) < 4.78 is 0. The number of pyridine rings is 1. The number of nitrogens with zero attached hydrogens (tertiary/aromatic N) is 2. The number of fused-ring (bicyclic) bond motifs is 1. The molecule has 1 N–H and O–H groups in total. The molecule has 0 bridgehead atoms. The summed E-state index contributed by atoms with van der Waals surface area (Å²) in [5, 5.41) is 10.1. The highest BCUT2D eigenvalue weighted by atomic mass is 35.5. The van der Waals surface area contributed by atoms with Crippen molar-refractivity contribution < 1.29 is 9.90 Å². The molecule has 118 valence electrons. The summed E-state index contributed by atoms with van der Waals surface area (Å²) in [6.07, 6.45) is 2.75. The fourth-order valence-electron chi connectivity index (χ4n) is 2.67. The van der Waals surface area contributed by atoms with Crippen LogP contribution in [0.25, 0.3) is 0 Å². The summed E-state index contributed by atoms with van der Waals surface area (Å²) >= 11 is 5.69. The standard InChI is InChI=1S/C15H21ClN2O2.ClH/c1-4-5-13(19)11-6-12-10(8-17-11)15(2,3)9-18(12)14(20)7-16;/h6,8,13,19H,4-5,7,9H2,1-3H3;1H. The molecule has 2 rings (SSSR count). The van der Waals surface area contributed by atoms with Gasteiger partial charge in [-0.3, -0.25) is 9.78 Å². The lowest BCUT2D eigenvalue weighted by Crippen LogP contribution is -2.34. The van der Waals surface area contributed by atoms with E-state index in [1.54, 1.807) is 11.1 Å². The van der Waals surface area contributed by atoms with Crippen LogP contribution in [0.1, 0.15) is 51.0 Å². The van der Waals surface area contributed by atoms with Crippen LogP contribution in [0.5, 0.6) is 0 Å². The molecule has 2 heterocycles. The average molecular weight is 333 g/mol. The van der Waals surface area contributed by atoms with E-state index in [1.807, 2.05) is 13.0 Å². The lowest BCUT2D eigenvalue weighted by molar-refractivity contribution is -0.116. The Morgan fingerprint density at radius 1 is 1.57 bits per heavy atom. The summed E-state index contributed by atoms with van der Waals surface area (Å²) in [4.78, 5) is 18.0. The molecule has 1 aliphatic heterocycles. The summed E-state index contributed by atoms with van der Waals surface area (Å²) in [5.41, 5.74) is 2.35. The number of carbonyl (C=O) groups is 1. The first kappa shape index (κ1) is 18.2. The van der Waals surface area contributed by atoms with Gasteiger partial charge in [-0.05, 0) is 12.5 Å². The van der Waals surface area contributed by atoms with Gasteiger partial charge in [0.1, 0.15) is 5.88 Å².